The summed E-state index contributed by atoms with van der Waals surface area (Å²) in [5, 5.41) is 5.09. The third-order valence-corrected chi connectivity index (χ3v) is 5.27. The number of aromatic nitrogens is 1. The lowest BCUT2D eigenvalue weighted by molar-refractivity contribution is 0.102. The van der Waals surface area contributed by atoms with Gasteiger partial charge in [-0.05, 0) is 37.6 Å². The first-order chi connectivity index (χ1) is 10.9. The molecule has 1 heterocycles. The number of amides is 1. The molecule has 2 aromatic rings. The van der Waals surface area contributed by atoms with E-state index in [1.165, 1.54) is 11.3 Å². The lowest BCUT2D eigenvalue weighted by atomic mass is 10.2. The van der Waals surface area contributed by atoms with Crippen LogP contribution < -0.4 is 10.0 Å². The molecule has 0 radical (unpaired) electrons. The predicted octanol–water partition coefficient (Wildman–Crippen LogP) is 3.25. The number of hydrogen-bond acceptors (Lipinski definition) is 5. The molecule has 2 rings (SSSR count). The summed E-state index contributed by atoms with van der Waals surface area (Å²) in [6, 6.07) is 6.30. The monoisotopic (exact) mass is 353 g/mol. The minimum atomic E-state index is -3.33. The molecule has 0 spiro atoms. The minimum absolute atomic E-state index is 0.0924. The fraction of sp³-hybridized carbons (Fsp3) is 0.333. The van der Waals surface area contributed by atoms with Crippen molar-refractivity contribution in [1.82, 2.24) is 4.98 Å². The Morgan fingerprint density at radius 1 is 1.26 bits per heavy atom. The molecule has 0 fully saturated rings. The molecule has 0 aliphatic heterocycles. The summed E-state index contributed by atoms with van der Waals surface area (Å²) in [5.41, 5.74) is 1.74. The first-order valence-electron chi connectivity index (χ1n) is 7.23. The van der Waals surface area contributed by atoms with Gasteiger partial charge < -0.3 is 0 Å². The van der Waals surface area contributed by atoms with Gasteiger partial charge in [-0.25, -0.2) is 13.4 Å². The molecule has 1 aromatic carbocycles. The van der Waals surface area contributed by atoms with Gasteiger partial charge in [0, 0.05) is 16.6 Å². The topological polar surface area (TPSA) is 88.2 Å². The third kappa shape index (κ3) is 5.33. The molecule has 6 nitrogen and oxygen atoms in total. The normalized spacial score (nSPS) is 11.2. The maximum Gasteiger partial charge on any atom is 0.257 e. The largest absolute Gasteiger partial charge is 0.298 e. The van der Waals surface area contributed by atoms with Crippen LogP contribution in [0.15, 0.2) is 29.6 Å². The van der Waals surface area contributed by atoms with E-state index in [0.29, 0.717) is 22.8 Å². The molecule has 0 bridgehead atoms. The molecule has 1 aromatic heterocycles. The van der Waals surface area contributed by atoms with Crippen LogP contribution in [0.2, 0.25) is 0 Å². The fourth-order valence-electron chi connectivity index (χ4n) is 1.84. The number of benzene rings is 1. The van der Waals surface area contributed by atoms with Crippen molar-refractivity contribution in [2.24, 2.45) is 0 Å². The lowest BCUT2D eigenvalue weighted by Gasteiger charge is -2.08. The third-order valence-electron chi connectivity index (χ3n) is 3.03. The van der Waals surface area contributed by atoms with Crippen LogP contribution in [0.3, 0.4) is 0 Å². The summed E-state index contributed by atoms with van der Waals surface area (Å²) >= 11 is 1.36. The Morgan fingerprint density at radius 2 is 1.96 bits per heavy atom. The number of unbranched alkanes of at least 4 members (excludes halogenated alkanes) is 1. The second kappa shape index (κ2) is 7.56. The maximum atomic E-state index is 12.1. The van der Waals surface area contributed by atoms with E-state index >= 15 is 0 Å². The lowest BCUT2D eigenvalue weighted by Crippen LogP contribution is -2.17. The number of sulfonamides is 1. The van der Waals surface area contributed by atoms with Crippen LogP contribution in [0.1, 0.15) is 35.8 Å². The highest BCUT2D eigenvalue weighted by molar-refractivity contribution is 7.92. The molecule has 0 saturated heterocycles. The zero-order valence-electron chi connectivity index (χ0n) is 13.0. The molecular formula is C15H19N3O3S2. The van der Waals surface area contributed by atoms with Gasteiger partial charge in [0.15, 0.2) is 5.13 Å². The Balaban J connectivity index is 2.00. The van der Waals surface area contributed by atoms with Gasteiger partial charge in [0.2, 0.25) is 10.0 Å². The van der Waals surface area contributed by atoms with E-state index in [1.807, 2.05) is 19.2 Å². The molecule has 2 N–H and O–H groups in total. The minimum Gasteiger partial charge on any atom is -0.298 e. The van der Waals surface area contributed by atoms with Crippen molar-refractivity contribution in [3.05, 3.63) is 40.9 Å². The molecule has 124 valence electrons. The van der Waals surface area contributed by atoms with E-state index < -0.39 is 10.0 Å². The zero-order chi connectivity index (χ0) is 16.9. The van der Waals surface area contributed by atoms with Gasteiger partial charge in [-0.2, -0.15) is 0 Å². The highest BCUT2D eigenvalue weighted by Crippen LogP contribution is 2.17. The molecule has 23 heavy (non-hydrogen) atoms. The number of anilines is 2. The first-order valence-corrected chi connectivity index (χ1v) is 9.77. The molecule has 0 atom stereocenters. The van der Waals surface area contributed by atoms with Crippen molar-refractivity contribution in [3.8, 4) is 0 Å². The number of carbonyl (C=O) groups is 1. The van der Waals surface area contributed by atoms with Crippen LogP contribution in [-0.2, 0) is 10.0 Å². The maximum absolute atomic E-state index is 12.1. The molecule has 0 aliphatic rings. The summed E-state index contributed by atoms with van der Waals surface area (Å²) < 4.78 is 26.2. The van der Waals surface area contributed by atoms with E-state index in [9.17, 15) is 13.2 Å². The summed E-state index contributed by atoms with van der Waals surface area (Å²) in [6.07, 6.45) is 1.43. The van der Waals surface area contributed by atoms with Gasteiger partial charge in [-0.15, -0.1) is 11.3 Å². The summed E-state index contributed by atoms with van der Waals surface area (Å²) in [6.45, 7) is 3.79. The fourth-order valence-corrected chi connectivity index (χ4v) is 3.78. The Bertz CT molecular complexity index is 768. The number of carbonyl (C=O) groups excluding carboxylic acids is 1. The second-order valence-electron chi connectivity index (χ2n) is 5.10. The van der Waals surface area contributed by atoms with Gasteiger partial charge in [-0.1, -0.05) is 13.3 Å². The number of thiazole rings is 1. The van der Waals surface area contributed by atoms with Crippen LogP contribution in [0, 0.1) is 6.92 Å². The quantitative estimate of drug-likeness (QED) is 0.800. The van der Waals surface area contributed by atoms with Crippen molar-refractivity contribution in [2.45, 2.75) is 26.7 Å². The summed E-state index contributed by atoms with van der Waals surface area (Å²) in [5.74, 6) is -0.186. The van der Waals surface area contributed by atoms with Crippen LogP contribution in [0.4, 0.5) is 10.8 Å². The number of hydrogen-bond donors (Lipinski definition) is 2. The van der Waals surface area contributed by atoms with Crippen LogP contribution >= 0.6 is 11.3 Å². The van der Waals surface area contributed by atoms with Crippen molar-refractivity contribution < 1.29 is 13.2 Å². The van der Waals surface area contributed by atoms with Crippen molar-refractivity contribution in [2.75, 3.05) is 15.8 Å². The second-order valence-corrected chi connectivity index (χ2v) is 7.80. The number of nitrogens with zero attached hydrogens (tertiary/aromatic N) is 1. The number of rotatable bonds is 7. The van der Waals surface area contributed by atoms with E-state index in [1.54, 1.807) is 24.3 Å². The Morgan fingerprint density at radius 3 is 2.52 bits per heavy atom. The van der Waals surface area contributed by atoms with Gasteiger partial charge in [0.25, 0.3) is 5.91 Å². The highest BCUT2D eigenvalue weighted by atomic mass is 32.2. The Labute approximate surface area is 140 Å². The van der Waals surface area contributed by atoms with Crippen molar-refractivity contribution >= 4 is 38.1 Å². The molecule has 0 saturated carbocycles. The summed E-state index contributed by atoms with van der Waals surface area (Å²) in [4.78, 5) is 16.2. The Hall–Kier alpha value is -1.93. The SMILES string of the molecule is CCCCS(=O)(=O)Nc1ccc(C(=O)Nc2nc(C)cs2)cc1. The van der Waals surface area contributed by atoms with Crippen molar-refractivity contribution in [1.29, 1.82) is 0 Å². The number of aryl methyl sites for hydroxylation is 1. The standard InChI is InChI=1S/C15H19N3O3S2/c1-3-4-9-23(20,21)18-13-7-5-12(6-8-13)14(19)17-15-16-11(2)10-22-15/h5-8,10,18H,3-4,9H2,1-2H3,(H,16,17,19). The van der Waals surface area contributed by atoms with Crippen LogP contribution in [0.5, 0.6) is 0 Å². The van der Waals surface area contributed by atoms with E-state index in [2.05, 4.69) is 15.0 Å². The predicted molar refractivity (Wildman–Crippen MR) is 93.6 cm³/mol. The van der Waals surface area contributed by atoms with Crippen molar-refractivity contribution in [3.63, 3.8) is 0 Å². The van der Waals surface area contributed by atoms with E-state index in [0.717, 1.165) is 12.1 Å². The van der Waals surface area contributed by atoms with E-state index in [4.69, 9.17) is 0 Å². The molecular weight excluding hydrogens is 334 g/mol. The number of nitrogens with one attached hydrogen (secondary N) is 2. The smallest absolute Gasteiger partial charge is 0.257 e. The molecule has 8 heteroatoms. The summed E-state index contributed by atoms with van der Waals surface area (Å²) in [7, 11) is -3.33. The van der Waals surface area contributed by atoms with Gasteiger partial charge in [0.1, 0.15) is 0 Å². The molecule has 0 aliphatic carbocycles. The average Bonchev–Trinajstić information content (AvgIpc) is 2.90. The first kappa shape index (κ1) is 17.4. The molecule has 1 amide bonds. The van der Waals surface area contributed by atoms with Gasteiger partial charge >= 0.3 is 0 Å². The van der Waals surface area contributed by atoms with Gasteiger partial charge in [0.05, 0.1) is 11.4 Å². The zero-order valence-corrected chi connectivity index (χ0v) is 14.6. The Kier molecular flexibility index (Phi) is 5.73. The van der Waals surface area contributed by atoms with Crippen LogP contribution in [-0.4, -0.2) is 25.1 Å². The highest BCUT2D eigenvalue weighted by Gasteiger charge is 2.11. The average molecular weight is 353 g/mol. The molecule has 0 unspecified atom stereocenters. The van der Waals surface area contributed by atoms with Crippen LogP contribution in [0.25, 0.3) is 0 Å². The van der Waals surface area contributed by atoms with E-state index in [-0.39, 0.29) is 11.7 Å². The van der Waals surface area contributed by atoms with Gasteiger partial charge in [-0.3, -0.25) is 14.8 Å².